The Bertz CT molecular complexity index is 2230. The zero-order chi connectivity index (χ0) is 53.3. The van der Waals surface area contributed by atoms with E-state index in [0.717, 1.165) is 44.7 Å². The predicted molar refractivity (Wildman–Crippen MR) is 316 cm³/mol. The summed E-state index contributed by atoms with van der Waals surface area (Å²) < 4.78 is 0. The molecule has 69 heavy (non-hydrogen) atoms. The number of allylic oxidation sites excluding steroid dienone is 8. The standard InChI is InChI=1S/C62H95N3Si4/c1-42(2)66(43(3)4,44(5)6)35-31-57-58(32-36-67(45(7)8,46(9)10)47(11)12)60(34-38-69(51(19)20,52(21)22)53(23)24)62(59(57)33-37-68(48(13)14,49(15)16)50(17)18)61(39-54(40-63)41-64)55-27-29-56(30-28-55)65(25)26/h27-30,39,42-53H,1-26H3. The first-order valence-corrected chi connectivity index (χ1v) is 35.5. The van der Waals surface area contributed by atoms with Gasteiger partial charge in [0.1, 0.15) is 50.0 Å². The van der Waals surface area contributed by atoms with Gasteiger partial charge in [0.15, 0.2) is 0 Å². The highest BCUT2D eigenvalue weighted by Gasteiger charge is 2.46. The van der Waals surface area contributed by atoms with E-state index in [1.807, 2.05) is 14.1 Å². The van der Waals surface area contributed by atoms with Crippen LogP contribution in [0.4, 0.5) is 5.69 Å². The molecule has 1 aromatic carbocycles. The molecule has 0 aromatic heterocycles. The zero-order valence-electron chi connectivity index (χ0n) is 48.7. The van der Waals surface area contributed by atoms with E-state index in [1.54, 1.807) is 6.08 Å². The van der Waals surface area contributed by atoms with E-state index >= 15 is 0 Å². The van der Waals surface area contributed by atoms with Crippen LogP contribution in [0.15, 0.2) is 63.8 Å². The third-order valence-electron chi connectivity index (χ3n) is 16.8. The van der Waals surface area contributed by atoms with Gasteiger partial charge >= 0.3 is 0 Å². The summed E-state index contributed by atoms with van der Waals surface area (Å²) in [6, 6.07) is 13.0. The minimum Gasteiger partial charge on any atom is -0.378 e. The van der Waals surface area contributed by atoms with E-state index in [1.165, 1.54) is 0 Å². The molecule has 2 rings (SSSR count). The molecule has 0 saturated carbocycles. The van der Waals surface area contributed by atoms with Crippen LogP contribution in [0.1, 0.15) is 172 Å². The maximum atomic E-state index is 10.6. The van der Waals surface area contributed by atoms with E-state index < -0.39 is 32.3 Å². The molecule has 1 aliphatic carbocycles. The number of hydrogen-bond acceptors (Lipinski definition) is 3. The van der Waals surface area contributed by atoms with E-state index in [-0.39, 0.29) is 5.57 Å². The lowest BCUT2D eigenvalue weighted by Gasteiger charge is -2.38. The molecule has 0 saturated heterocycles. The zero-order valence-corrected chi connectivity index (χ0v) is 52.7. The smallest absolute Gasteiger partial charge is 0.146 e. The van der Waals surface area contributed by atoms with Crippen molar-refractivity contribution in [2.75, 3.05) is 19.0 Å². The van der Waals surface area contributed by atoms with Gasteiger partial charge in [0.2, 0.25) is 0 Å². The summed E-state index contributed by atoms with van der Waals surface area (Å²) in [5, 5.41) is 21.2. The van der Waals surface area contributed by atoms with Crippen LogP contribution in [0.5, 0.6) is 0 Å². The minimum atomic E-state index is -2.34. The molecule has 0 radical (unpaired) electrons. The molecule has 0 bridgehead atoms. The monoisotopic (exact) mass is 994 g/mol. The Hall–Kier alpha value is -3.93. The van der Waals surface area contributed by atoms with Crippen molar-refractivity contribution < 1.29 is 0 Å². The fourth-order valence-corrected chi connectivity index (χ4v) is 34.1. The highest BCUT2D eigenvalue weighted by Crippen LogP contribution is 2.48. The van der Waals surface area contributed by atoms with Gasteiger partial charge < -0.3 is 4.90 Å². The van der Waals surface area contributed by atoms with Crippen LogP contribution in [-0.2, 0) is 0 Å². The Labute approximate surface area is 430 Å². The van der Waals surface area contributed by atoms with Crippen LogP contribution in [-0.4, -0.2) is 46.4 Å². The van der Waals surface area contributed by atoms with E-state index in [4.69, 9.17) is 0 Å². The lowest BCUT2D eigenvalue weighted by molar-refractivity contribution is 0.838. The second kappa shape index (κ2) is 24.9. The summed E-state index contributed by atoms with van der Waals surface area (Å²) in [6.07, 6.45) is 1.80. The van der Waals surface area contributed by atoms with Crippen molar-refractivity contribution in [1.82, 2.24) is 0 Å². The molecule has 7 heteroatoms. The maximum Gasteiger partial charge on any atom is 0.146 e. The van der Waals surface area contributed by atoms with E-state index in [0.29, 0.717) is 66.5 Å². The van der Waals surface area contributed by atoms with Crippen LogP contribution < -0.4 is 4.90 Å². The van der Waals surface area contributed by atoms with E-state index in [2.05, 4.69) is 253 Å². The maximum absolute atomic E-state index is 10.6. The molecular weight excluding hydrogens is 899 g/mol. The molecule has 0 aliphatic heterocycles. The third kappa shape index (κ3) is 12.2. The Kier molecular flexibility index (Phi) is 22.1. The lowest BCUT2D eigenvalue weighted by atomic mass is 9.90. The first-order chi connectivity index (χ1) is 31.9. The van der Waals surface area contributed by atoms with Gasteiger partial charge in [0, 0.05) is 36.5 Å². The van der Waals surface area contributed by atoms with Gasteiger partial charge in [0.25, 0.3) is 0 Å². The van der Waals surface area contributed by atoms with Crippen molar-refractivity contribution in [3.05, 3.63) is 69.3 Å². The number of nitriles is 2. The molecule has 0 atom stereocenters. The van der Waals surface area contributed by atoms with Crippen LogP contribution in [0.25, 0.3) is 5.57 Å². The summed E-state index contributed by atoms with van der Waals surface area (Å²) in [5.41, 5.74) is 28.7. The predicted octanol–water partition coefficient (Wildman–Crippen LogP) is 18.0. The normalized spacial score (nSPS) is 13.7. The molecule has 374 valence electrons. The number of hydrogen-bond donors (Lipinski definition) is 0. The van der Waals surface area contributed by atoms with Gasteiger partial charge in [-0.2, -0.15) is 10.5 Å². The van der Waals surface area contributed by atoms with Crippen molar-refractivity contribution in [1.29, 1.82) is 10.5 Å². The number of benzene rings is 1. The molecular formula is C62H95N3Si4. The van der Waals surface area contributed by atoms with Crippen molar-refractivity contribution in [3.8, 4) is 58.0 Å². The Morgan fingerprint density at radius 3 is 0.826 bits per heavy atom. The Morgan fingerprint density at radius 2 is 0.623 bits per heavy atom. The van der Waals surface area contributed by atoms with Crippen molar-refractivity contribution in [3.63, 3.8) is 0 Å². The molecule has 0 unspecified atom stereocenters. The largest absolute Gasteiger partial charge is 0.378 e. The first kappa shape index (κ1) is 61.2. The molecule has 1 aliphatic rings. The Balaban J connectivity index is 4.10. The summed E-state index contributed by atoms with van der Waals surface area (Å²) in [7, 11) is -5.20. The minimum absolute atomic E-state index is 0.0307. The molecule has 0 N–H and O–H groups in total. The SMILES string of the molecule is CC(C)[Si](C#CC1=C(C#C[Si](C(C)C)(C(C)C)C(C)C)C(=C(C=C(C#N)C#N)c2ccc(N(C)C)cc2)C(C#C[Si](C(C)C)(C(C)C)C(C)C)=C1C#C[Si](C(C)C)(C(C)C)C(C)C)(C(C)C)C(C)C. The second-order valence-corrected chi connectivity index (χ2v) is 46.4. The summed E-state index contributed by atoms with van der Waals surface area (Å²) in [4.78, 5) is 2.09. The Morgan fingerprint density at radius 1 is 0.391 bits per heavy atom. The molecule has 1 aromatic rings. The lowest BCUT2D eigenvalue weighted by Crippen LogP contribution is -2.43. The molecule has 0 fully saturated rings. The number of anilines is 1. The summed E-state index contributed by atoms with van der Waals surface area (Å²) >= 11 is 0. The van der Waals surface area contributed by atoms with Crippen LogP contribution >= 0.6 is 0 Å². The van der Waals surface area contributed by atoms with E-state index in [9.17, 15) is 10.5 Å². The quantitative estimate of drug-likeness (QED) is 0.0999. The average molecular weight is 995 g/mol. The first-order valence-electron chi connectivity index (χ1n) is 26.5. The number of rotatable bonds is 15. The summed E-state index contributed by atoms with van der Waals surface area (Å²) in [5.74, 6) is 16.2. The van der Waals surface area contributed by atoms with Crippen molar-refractivity contribution >= 4 is 43.6 Å². The van der Waals surface area contributed by atoms with Gasteiger partial charge in [-0.15, -0.1) is 22.2 Å². The second-order valence-electron chi connectivity index (χ2n) is 24.1. The van der Waals surface area contributed by atoms with Crippen LogP contribution in [0.3, 0.4) is 0 Å². The molecule has 0 amide bonds. The van der Waals surface area contributed by atoms with Crippen LogP contribution in [0, 0.1) is 68.5 Å². The van der Waals surface area contributed by atoms with Gasteiger partial charge in [0.05, 0.1) is 11.1 Å². The van der Waals surface area contributed by atoms with Gasteiger partial charge in [-0.05, 0) is 95.8 Å². The molecule has 0 spiro atoms. The van der Waals surface area contributed by atoms with Crippen LogP contribution in [0.2, 0.25) is 66.5 Å². The number of nitrogens with zero attached hydrogens (tertiary/aromatic N) is 3. The van der Waals surface area contributed by atoms with Crippen molar-refractivity contribution in [2.45, 2.75) is 233 Å². The highest BCUT2D eigenvalue weighted by atomic mass is 28.3. The summed E-state index contributed by atoms with van der Waals surface area (Å²) in [6.45, 7) is 57.0. The average Bonchev–Trinajstić information content (AvgIpc) is 3.51. The van der Waals surface area contributed by atoms with Gasteiger partial charge in [-0.1, -0.05) is 202 Å². The fourth-order valence-electron chi connectivity index (χ4n) is 13.3. The highest BCUT2D eigenvalue weighted by molar-refractivity contribution is 6.92. The van der Waals surface area contributed by atoms with Crippen molar-refractivity contribution in [2.24, 2.45) is 0 Å². The molecule has 3 nitrogen and oxygen atoms in total. The molecule has 0 heterocycles. The van der Waals surface area contributed by atoms with Gasteiger partial charge in [-0.25, -0.2) is 0 Å². The topological polar surface area (TPSA) is 50.8 Å². The third-order valence-corrected chi connectivity index (χ3v) is 42.0. The fraction of sp³-hybridized carbons (Fsp3) is 0.613. The van der Waals surface area contributed by atoms with Gasteiger partial charge in [-0.3, -0.25) is 0 Å².